The average Bonchev–Trinajstić information content (AvgIpc) is 2.99. The van der Waals surface area contributed by atoms with Crippen molar-refractivity contribution in [1.29, 1.82) is 0 Å². The predicted octanol–water partition coefficient (Wildman–Crippen LogP) is 2.64. The van der Waals surface area contributed by atoms with E-state index in [4.69, 9.17) is 22.1 Å². The van der Waals surface area contributed by atoms with E-state index in [1.54, 1.807) is 0 Å². The highest BCUT2D eigenvalue weighted by molar-refractivity contribution is 6.30. The van der Waals surface area contributed by atoms with Crippen molar-refractivity contribution >= 4 is 11.6 Å². The summed E-state index contributed by atoms with van der Waals surface area (Å²) in [6.07, 6.45) is 1.79. The van der Waals surface area contributed by atoms with Gasteiger partial charge in [0.1, 0.15) is 5.75 Å². The number of benzene rings is 1. The minimum atomic E-state index is 0.642. The standard InChI is InChI=1S/C16H20ClN3O/c1-10-15(3-5-18)11(2)20(19-10)9-13-8-14(17)7-12-4-6-21-16(12)13/h7-8H,3-6,9,18H2,1-2H3. The lowest BCUT2D eigenvalue weighted by molar-refractivity contribution is 0.352. The molecule has 0 radical (unpaired) electrons. The van der Waals surface area contributed by atoms with Crippen molar-refractivity contribution in [3.8, 4) is 5.75 Å². The number of hydrogen-bond donors (Lipinski definition) is 1. The molecule has 2 N–H and O–H groups in total. The van der Waals surface area contributed by atoms with Crippen LogP contribution >= 0.6 is 11.6 Å². The third-order valence-electron chi connectivity index (χ3n) is 4.07. The van der Waals surface area contributed by atoms with Gasteiger partial charge in [0.05, 0.1) is 18.8 Å². The summed E-state index contributed by atoms with van der Waals surface area (Å²) in [5, 5.41) is 5.40. The smallest absolute Gasteiger partial charge is 0.127 e. The van der Waals surface area contributed by atoms with Crippen LogP contribution in [0.25, 0.3) is 0 Å². The second-order valence-electron chi connectivity index (χ2n) is 5.50. The highest BCUT2D eigenvalue weighted by Crippen LogP contribution is 2.33. The zero-order valence-corrected chi connectivity index (χ0v) is 13.2. The summed E-state index contributed by atoms with van der Waals surface area (Å²) in [5.41, 5.74) is 11.4. The maximum atomic E-state index is 6.22. The van der Waals surface area contributed by atoms with Gasteiger partial charge in [0.25, 0.3) is 0 Å². The lowest BCUT2D eigenvalue weighted by Crippen LogP contribution is -2.07. The van der Waals surface area contributed by atoms with E-state index in [-0.39, 0.29) is 0 Å². The fourth-order valence-electron chi connectivity index (χ4n) is 3.02. The number of fused-ring (bicyclic) bond motifs is 1. The number of aromatic nitrogens is 2. The van der Waals surface area contributed by atoms with E-state index in [1.165, 1.54) is 16.8 Å². The lowest BCUT2D eigenvalue weighted by atomic mass is 10.1. The molecule has 0 aliphatic carbocycles. The molecule has 5 heteroatoms. The van der Waals surface area contributed by atoms with E-state index < -0.39 is 0 Å². The minimum Gasteiger partial charge on any atom is -0.493 e. The first-order valence-corrected chi connectivity index (χ1v) is 7.65. The van der Waals surface area contributed by atoms with Crippen molar-refractivity contribution in [2.45, 2.75) is 33.2 Å². The number of nitrogens with zero attached hydrogens (tertiary/aromatic N) is 2. The van der Waals surface area contributed by atoms with E-state index in [9.17, 15) is 0 Å². The van der Waals surface area contributed by atoms with Crippen LogP contribution in [-0.4, -0.2) is 22.9 Å². The summed E-state index contributed by atoms with van der Waals surface area (Å²) in [6, 6.07) is 3.97. The summed E-state index contributed by atoms with van der Waals surface area (Å²) in [5.74, 6) is 0.979. The van der Waals surface area contributed by atoms with Crippen LogP contribution in [0.1, 0.15) is 28.1 Å². The van der Waals surface area contributed by atoms with Crippen molar-refractivity contribution in [3.63, 3.8) is 0 Å². The van der Waals surface area contributed by atoms with Crippen molar-refractivity contribution in [2.24, 2.45) is 5.73 Å². The molecule has 0 unspecified atom stereocenters. The van der Waals surface area contributed by atoms with Crippen LogP contribution in [-0.2, 0) is 19.4 Å². The van der Waals surface area contributed by atoms with Gasteiger partial charge in [-0.3, -0.25) is 4.68 Å². The molecule has 0 saturated heterocycles. The highest BCUT2D eigenvalue weighted by atomic mass is 35.5. The van der Waals surface area contributed by atoms with Gasteiger partial charge in [-0.15, -0.1) is 0 Å². The fraction of sp³-hybridized carbons (Fsp3) is 0.438. The molecule has 1 aromatic heterocycles. The monoisotopic (exact) mass is 305 g/mol. The molecular formula is C16H20ClN3O. The van der Waals surface area contributed by atoms with Gasteiger partial charge in [-0.05, 0) is 50.1 Å². The quantitative estimate of drug-likeness (QED) is 0.945. The molecule has 0 spiro atoms. The first kappa shape index (κ1) is 14.4. The number of aryl methyl sites for hydroxylation is 1. The Morgan fingerprint density at radius 2 is 2.19 bits per heavy atom. The second-order valence-corrected chi connectivity index (χ2v) is 5.93. The summed E-state index contributed by atoms with van der Waals surface area (Å²) in [4.78, 5) is 0. The Bertz CT molecular complexity index is 679. The fourth-order valence-corrected chi connectivity index (χ4v) is 3.28. The van der Waals surface area contributed by atoms with Crippen LogP contribution in [0.5, 0.6) is 5.75 Å². The summed E-state index contributed by atoms with van der Waals surface area (Å²) in [7, 11) is 0. The number of nitrogens with two attached hydrogens (primary N) is 1. The van der Waals surface area contributed by atoms with Gasteiger partial charge in [0.2, 0.25) is 0 Å². The van der Waals surface area contributed by atoms with Crippen molar-refractivity contribution in [1.82, 2.24) is 9.78 Å². The maximum Gasteiger partial charge on any atom is 0.127 e. The van der Waals surface area contributed by atoms with Crippen LogP contribution in [0.2, 0.25) is 5.02 Å². The average molecular weight is 306 g/mol. The van der Waals surface area contributed by atoms with Crippen LogP contribution in [0, 0.1) is 13.8 Å². The molecule has 1 aliphatic heterocycles. The van der Waals surface area contributed by atoms with Gasteiger partial charge >= 0.3 is 0 Å². The Labute approximate surface area is 129 Å². The Hall–Kier alpha value is -1.52. The predicted molar refractivity (Wildman–Crippen MR) is 84.2 cm³/mol. The van der Waals surface area contributed by atoms with Crippen LogP contribution in [0.15, 0.2) is 12.1 Å². The third-order valence-corrected chi connectivity index (χ3v) is 4.29. The van der Waals surface area contributed by atoms with Crippen molar-refractivity contribution in [2.75, 3.05) is 13.2 Å². The Morgan fingerprint density at radius 3 is 2.95 bits per heavy atom. The summed E-state index contributed by atoms with van der Waals surface area (Å²) >= 11 is 6.22. The number of hydrogen-bond acceptors (Lipinski definition) is 3. The molecule has 1 aliphatic rings. The molecular weight excluding hydrogens is 286 g/mol. The molecule has 1 aromatic carbocycles. The van der Waals surface area contributed by atoms with Crippen LogP contribution in [0.3, 0.4) is 0 Å². The van der Waals surface area contributed by atoms with E-state index >= 15 is 0 Å². The molecule has 0 atom stereocenters. The van der Waals surface area contributed by atoms with Gasteiger partial charge in [0, 0.05) is 22.7 Å². The largest absolute Gasteiger partial charge is 0.493 e. The summed E-state index contributed by atoms with van der Waals surface area (Å²) < 4.78 is 7.78. The third kappa shape index (κ3) is 2.65. The zero-order valence-electron chi connectivity index (χ0n) is 12.4. The Morgan fingerprint density at radius 1 is 1.38 bits per heavy atom. The molecule has 0 saturated carbocycles. The SMILES string of the molecule is Cc1nn(Cc2cc(Cl)cc3c2OCC3)c(C)c1CCN. The second kappa shape index (κ2) is 5.70. The van der Waals surface area contributed by atoms with E-state index in [0.29, 0.717) is 13.1 Å². The first-order chi connectivity index (χ1) is 10.1. The molecule has 21 heavy (non-hydrogen) atoms. The maximum absolute atomic E-state index is 6.22. The van der Waals surface area contributed by atoms with Gasteiger partial charge in [-0.2, -0.15) is 5.10 Å². The molecule has 112 valence electrons. The normalized spacial score (nSPS) is 13.3. The molecule has 3 rings (SSSR count). The van der Waals surface area contributed by atoms with E-state index in [2.05, 4.69) is 12.0 Å². The lowest BCUT2D eigenvalue weighted by Gasteiger charge is -2.11. The molecule has 4 nitrogen and oxygen atoms in total. The Balaban J connectivity index is 1.96. The number of halogens is 1. The minimum absolute atomic E-state index is 0.642. The molecule has 2 aromatic rings. The van der Waals surface area contributed by atoms with Gasteiger partial charge in [-0.25, -0.2) is 0 Å². The number of ether oxygens (including phenoxy) is 1. The molecule has 0 bridgehead atoms. The van der Waals surface area contributed by atoms with Crippen molar-refractivity contribution in [3.05, 3.63) is 45.2 Å². The highest BCUT2D eigenvalue weighted by Gasteiger charge is 2.19. The van der Waals surface area contributed by atoms with Gasteiger partial charge in [-0.1, -0.05) is 11.6 Å². The van der Waals surface area contributed by atoms with Gasteiger partial charge in [0.15, 0.2) is 0 Å². The molecule has 0 amide bonds. The molecule has 2 heterocycles. The first-order valence-electron chi connectivity index (χ1n) is 7.27. The number of rotatable bonds is 4. The van der Waals surface area contributed by atoms with Crippen LogP contribution < -0.4 is 10.5 Å². The van der Waals surface area contributed by atoms with Gasteiger partial charge < -0.3 is 10.5 Å². The topological polar surface area (TPSA) is 53.1 Å². The van der Waals surface area contributed by atoms with Crippen LogP contribution in [0.4, 0.5) is 0 Å². The van der Waals surface area contributed by atoms with E-state index in [1.807, 2.05) is 23.7 Å². The summed E-state index contributed by atoms with van der Waals surface area (Å²) in [6.45, 7) is 6.19. The molecule has 0 fully saturated rings. The van der Waals surface area contributed by atoms with E-state index in [0.717, 1.165) is 41.5 Å². The van der Waals surface area contributed by atoms with Crippen molar-refractivity contribution < 1.29 is 4.74 Å². The zero-order chi connectivity index (χ0) is 15.0. The Kier molecular flexibility index (Phi) is 3.91.